The lowest BCUT2D eigenvalue weighted by Gasteiger charge is -2.13. The third kappa shape index (κ3) is 2.74. The van der Waals surface area contributed by atoms with E-state index in [1.165, 1.54) is 0 Å². The summed E-state index contributed by atoms with van der Waals surface area (Å²) in [5.41, 5.74) is 2.86. The summed E-state index contributed by atoms with van der Waals surface area (Å²) in [7, 11) is 0. The molecule has 0 radical (unpaired) electrons. The van der Waals surface area contributed by atoms with Crippen molar-refractivity contribution in [1.82, 2.24) is 19.8 Å². The predicted molar refractivity (Wildman–Crippen MR) is 80.3 cm³/mol. The summed E-state index contributed by atoms with van der Waals surface area (Å²) >= 11 is 0. The van der Waals surface area contributed by atoms with Gasteiger partial charge in [0.1, 0.15) is 17.0 Å². The largest absolute Gasteiger partial charge is 0.362 e. The monoisotopic (exact) mass is 285 g/mol. The Morgan fingerprint density at radius 2 is 2.10 bits per heavy atom. The fourth-order valence-electron chi connectivity index (χ4n) is 2.10. The Morgan fingerprint density at radius 1 is 1.29 bits per heavy atom. The second-order valence-electron chi connectivity index (χ2n) is 6.17. The Morgan fingerprint density at radius 3 is 2.76 bits per heavy atom. The quantitative estimate of drug-likeness (QED) is 0.801. The van der Waals surface area contributed by atoms with E-state index in [1.54, 1.807) is 6.20 Å². The average molecular weight is 285 g/mol. The molecular formula is C15H19N5O. The van der Waals surface area contributed by atoms with Gasteiger partial charge in [0, 0.05) is 23.9 Å². The SMILES string of the molecule is Cc1cc(CNc2nccn3nc(C(C)(C)C)cc23)no1. The number of fused-ring (bicyclic) bond motifs is 1. The minimum atomic E-state index is 0.00646. The molecule has 0 atom stereocenters. The summed E-state index contributed by atoms with van der Waals surface area (Å²) in [6.07, 6.45) is 3.60. The van der Waals surface area contributed by atoms with E-state index in [0.29, 0.717) is 6.54 Å². The lowest BCUT2D eigenvalue weighted by molar-refractivity contribution is 0.391. The molecule has 110 valence electrons. The Kier molecular flexibility index (Phi) is 3.16. The summed E-state index contributed by atoms with van der Waals surface area (Å²) in [5, 5.41) is 11.9. The van der Waals surface area contributed by atoms with Crippen LogP contribution in [0.25, 0.3) is 5.52 Å². The van der Waals surface area contributed by atoms with Gasteiger partial charge in [-0.3, -0.25) is 0 Å². The highest BCUT2D eigenvalue weighted by molar-refractivity contribution is 5.68. The third-order valence-corrected chi connectivity index (χ3v) is 3.27. The molecule has 0 saturated carbocycles. The Bertz CT molecular complexity index is 766. The van der Waals surface area contributed by atoms with Crippen molar-refractivity contribution in [1.29, 1.82) is 0 Å². The molecule has 0 spiro atoms. The van der Waals surface area contributed by atoms with Gasteiger partial charge < -0.3 is 9.84 Å². The Hall–Kier alpha value is -2.37. The normalized spacial score (nSPS) is 12.0. The average Bonchev–Trinajstić information content (AvgIpc) is 3.01. The molecule has 1 N–H and O–H groups in total. The molecule has 21 heavy (non-hydrogen) atoms. The van der Waals surface area contributed by atoms with Gasteiger partial charge >= 0.3 is 0 Å². The van der Waals surface area contributed by atoms with Gasteiger partial charge in [-0.25, -0.2) is 9.50 Å². The van der Waals surface area contributed by atoms with Crippen LogP contribution in [0, 0.1) is 6.92 Å². The maximum atomic E-state index is 5.06. The van der Waals surface area contributed by atoms with Gasteiger partial charge in [0.25, 0.3) is 0 Å². The van der Waals surface area contributed by atoms with Gasteiger partial charge in [-0.2, -0.15) is 5.10 Å². The number of hydrogen-bond donors (Lipinski definition) is 1. The van der Waals surface area contributed by atoms with E-state index in [9.17, 15) is 0 Å². The number of hydrogen-bond acceptors (Lipinski definition) is 5. The third-order valence-electron chi connectivity index (χ3n) is 3.27. The molecule has 0 saturated heterocycles. The van der Waals surface area contributed by atoms with Crippen molar-refractivity contribution in [3.63, 3.8) is 0 Å². The number of nitrogens with one attached hydrogen (secondary N) is 1. The van der Waals surface area contributed by atoms with Crippen molar-refractivity contribution in [2.24, 2.45) is 0 Å². The zero-order valence-electron chi connectivity index (χ0n) is 12.7. The highest BCUT2D eigenvalue weighted by Gasteiger charge is 2.19. The molecule has 3 aromatic rings. The second-order valence-corrected chi connectivity index (χ2v) is 6.17. The van der Waals surface area contributed by atoms with Crippen molar-refractivity contribution in [2.75, 3.05) is 5.32 Å². The van der Waals surface area contributed by atoms with E-state index in [4.69, 9.17) is 4.52 Å². The van der Waals surface area contributed by atoms with Crippen molar-refractivity contribution in [2.45, 2.75) is 39.7 Å². The molecule has 0 aliphatic rings. The van der Waals surface area contributed by atoms with Gasteiger partial charge in [-0.05, 0) is 13.0 Å². The molecule has 3 heterocycles. The first-order valence-electron chi connectivity index (χ1n) is 6.94. The topological polar surface area (TPSA) is 68.2 Å². The van der Waals surface area contributed by atoms with E-state index in [-0.39, 0.29) is 5.41 Å². The molecule has 3 rings (SSSR count). The second kappa shape index (κ2) is 4.87. The predicted octanol–water partition coefficient (Wildman–Crippen LogP) is 2.94. The van der Waals surface area contributed by atoms with E-state index in [0.717, 1.165) is 28.5 Å². The molecule has 0 amide bonds. The van der Waals surface area contributed by atoms with E-state index >= 15 is 0 Å². The van der Waals surface area contributed by atoms with Crippen molar-refractivity contribution >= 4 is 11.3 Å². The number of anilines is 1. The van der Waals surface area contributed by atoms with Crippen molar-refractivity contribution in [3.05, 3.63) is 41.7 Å². The smallest absolute Gasteiger partial charge is 0.152 e. The van der Waals surface area contributed by atoms with Crippen LogP contribution in [0.1, 0.15) is 37.9 Å². The fourth-order valence-corrected chi connectivity index (χ4v) is 2.10. The van der Waals surface area contributed by atoms with Crippen LogP contribution in [-0.2, 0) is 12.0 Å². The standard InChI is InChI=1S/C15H19N5O/c1-10-7-11(19-21-10)9-17-14-12-8-13(15(2,3)4)18-20(12)6-5-16-14/h5-8H,9H2,1-4H3,(H,16,17). The van der Waals surface area contributed by atoms with Gasteiger partial charge in [0.05, 0.1) is 12.2 Å². The summed E-state index contributed by atoms with van der Waals surface area (Å²) in [6.45, 7) is 8.89. The fraction of sp³-hybridized carbons (Fsp3) is 0.400. The molecule has 0 unspecified atom stereocenters. The minimum Gasteiger partial charge on any atom is -0.362 e. The zero-order valence-corrected chi connectivity index (χ0v) is 12.7. The maximum absolute atomic E-state index is 5.06. The molecule has 0 bridgehead atoms. The van der Waals surface area contributed by atoms with Crippen LogP contribution in [0.5, 0.6) is 0 Å². The Balaban J connectivity index is 1.89. The van der Waals surface area contributed by atoms with Gasteiger partial charge in [-0.1, -0.05) is 25.9 Å². The molecule has 6 nitrogen and oxygen atoms in total. The highest BCUT2D eigenvalue weighted by Crippen LogP contribution is 2.24. The summed E-state index contributed by atoms with van der Waals surface area (Å²) in [5.74, 6) is 1.60. The van der Waals surface area contributed by atoms with Gasteiger partial charge in [-0.15, -0.1) is 0 Å². The van der Waals surface area contributed by atoms with Crippen LogP contribution < -0.4 is 5.32 Å². The molecule has 3 aromatic heterocycles. The van der Waals surface area contributed by atoms with Crippen LogP contribution in [0.15, 0.2) is 29.0 Å². The van der Waals surface area contributed by atoms with E-state index in [2.05, 4.69) is 47.4 Å². The zero-order chi connectivity index (χ0) is 15.0. The van der Waals surface area contributed by atoms with Crippen LogP contribution >= 0.6 is 0 Å². The summed E-state index contributed by atoms with van der Waals surface area (Å²) in [6, 6.07) is 3.98. The van der Waals surface area contributed by atoms with Crippen molar-refractivity contribution in [3.8, 4) is 0 Å². The van der Waals surface area contributed by atoms with E-state index in [1.807, 2.05) is 23.7 Å². The van der Waals surface area contributed by atoms with Crippen LogP contribution in [0.4, 0.5) is 5.82 Å². The molecular weight excluding hydrogens is 266 g/mol. The first-order chi connectivity index (χ1) is 9.93. The molecule has 0 fully saturated rings. The number of aryl methyl sites for hydroxylation is 1. The number of aromatic nitrogens is 4. The molecule has 0 aromatic carbocycles. The number of nitrogens with zero attached hydrogens (tertiary/aromatic N) is 4. The highest BCUT2D eigenvalue weighted by atomic mass is 16.5. The van der Waals surface area contributed by atoms with Crippen LogP contribution in [0.2, 0.25) is 0 Å². The van der Waals surface area contributed by atoms with Crippen molar-refractivity contribution < 1.29 is 4.52 Å². The summed E-state index contributed by atoms with van der Waals surface area (Å²) < 4.78 is 6.91. The minimum absolute atomic E-state index is 0.00646. The van der Waals surface area contributed by atoms with Crippen LogP contribution in [0.3, 0.4) is 0 Å². The number of rotatable bonds is 3. The van der Waals surface area contributed by atoms with E-state index < -0.39 is 0 Å². The van der Waals surface area contributed by atoms with Gasteiger partial charge in [0.2, 0.25) is 0 Å². The first-order valence-corrected chi connectivity index (χ1v) is 6.94. The molecule has 6 heteroatoms. The first kappa shape index (κ1) is 13.6. The molecule has 0 aliphatic carbocycles. The maximum Gasteiger partial charge on any atom is 0.152 e. The molecule has 0 aliphatic heterocycles. The Labute approximate surface area is 123 Å². The van der Waals surface area contributed by atoms with Gasteiger partial charge in [0.15, 0.2) is 5.82 Å². The van der Waals surface area contributed by atoms with Crippen LogP contribution in [-0.4, -0.2) is 19.8 Å². The summed E-state index contributed by atoms with van der Waals surface area (Å²) in [4.78, 5) is 4.39. The lowest BCUT2D eigenvalue weighted by Crippen LogP contribution is -2.11. The lowest BCUT2D eigenvalue weighted by atomic mass is 9.92.